The number of nitrogens with one attached hydrogen (secondary N) is 2. The lowest BCUT2D eigenvalue weighted by Gasteiger charge is -2.24. The highest BCUT2D eigenvalue weighted by Crippen LogP contribution is 1.95. The standard InChI is InChI=1S/C12H25N3O3/c1-6-15(7-2)11(16)10(4)14-12(17)13-9(3)8-18-5/h9-10H,6-8H2,1-5H3,(H2,13,14,17)/t9-,10+/m1/s1. The minimum absolute atomic E-state index is 0.0745. The van der Waals surface area contributed by atoms with Crippen LogP contribution in [-0.2, 0) is 9.53 Å². The van der Waals surface area contributed by atoms with Crippen LogP contribution in [-0.4, -0.2) is 55.7 Å². The van der Waals surface area contributed by atoms with E-state index >= 15 is 0 Å². The number of hydrogen-bond donors (Lipinski definition) is 2. The highest BCUT2D eigenvalue weighted by molar-refractivity contribution is 5.86. The molecule has 0 saturated carbocycles. The van der Waals surface area contributed by atoms with Crippen LogP contribution in [0.15, 0.2) is 0 Å². The molecule has 0 aliphatic carbocycles. The largest absolute Gasteiger partial charge is 0.383 e. The van der Waals surface area contributed by atoms with Gasteiger partial charge in [0.25, 0.3) is 0 Å². The lowest BCUT2D eigenvalue weighted by Crippen LogP contribution is -2.51. The number of methoxy groups -OCH3 is 1. The Morgan fingerprint density at radius 1 is 1.17 bits per heavy atom. The second-order valence-electron chi connectivity index (χ2n) is 4.21. The van der Waals surface area contributed by atoms with Crippen LogP contribution in [0.2, 0.25) is 0 Å². The molecule has 0 fully saturated rings. The van der Waals surface area contributed by atoms with Gasteiger partial charge in [0.05, 0.1) is 12.6 Å². The van der Waals surface area contributed by atoms with Crippen molar-refractivity contribution in [3.05, 3.63) is 0 Å². The molecule has 2 N–H and O–H groups in total. The molecule has 0 heterocycles. The van der Waals surface area contributed by atoms with Crippen LogP contribution in [0.4, 0.5) is 4.79 Å². The van der Waals surface area contributed by atoms with E-state index in [1.165, 1.54) is 0 Å². The summed E-state index contributed by atoms with van der Waals surface area (Å²) < 4.78 is 4.91. The smallest absolute Gasteiger partial charge is 0.315 e. The number of carbonyl (C=O) groups excluding carboxylic acids is 2. The van der Waals surface area contributed by atoms with Gasteiger partial charge in [-0.2, -0.15) is 0 Å². The third kappa shape index (κ3) is 5.86. The van der Waals surface area contributed by atoms with Gasteiger partial charge < -0.3 is 20.3 Å². The maximum atomic E-state index is 11.9. The Labute approximate surface area is 109 Å². The zero-order valence-corrected chi connectivity index (χ0v) is 11.9. The number of rotatable bonds is 7. The first-order chi connectivity index (χ1) is 8.46. The second-order valence-corrected chi connectivity index (χ2v) is 4.21. The van der Waals surface area contributed by atoms with Crippen molar-refractivity contribution < 1.29 is 14.3 Å². The van der Waals surface area contributed by atoms with Gasteiger partial charge in [-0.25, -0.2) is 4.79 Å². The number of hydrogen-bond acceptors (Lipinski definition) is 3. The molecular weight excluding hydrogens is 234 g/mol. The molecule has 0 aromatic rings. The maximum Gasteiger partial charge on any atom is 0.315 e. The molecule has 6 heteroatoms. The Bertz CT molecular complexity index is 267. The molecule has 0 aromatic carbocycles. The SMILES string of the molecule is CCN(CC)C(=O)[C@H](C)NC(=O)N[C@H](C)COC. The highest BCUT2D eigenvalue weighted by atomic mass is 16.5. The minimum Gasteiger partial charge on any atom is -0.383 e. The summed E-state index contributed by atoms with van der Waals surface area (Å²) in [7, 11) is 1.57. The van der Waals surface area contributed by atoms with Gasteiger partial charge >= 0.3 is 6.03 Å². The molecule has 0 radical (unpaired) electrons. The van der Waals surface area contributed by atoms with Crippen molar-refractivity contribution in [2.45, 2.75) is 39.8 Å². The number of likely N-dealkylation sites (N-methyl/N-ethyl adjacent to an activating group) is 1. The fraction of sp³-hybridized carbons (Fsp3) is 0.833. The van der Waals surface area contributed by atoms with Crippen molar-refractivity contribution in [3.63, 3.8) is 0 Å². The van der Waals surface area contributed by atoms with Crippen molar-refractivity contribution in [3.8, 4) is 0 Å². The molecule has 0 unspecified atom stereocenters. The normalized spacial score (nSPS) is 13.6. The average molecular weight is 259 g/mol. The molecule has 0 rings (SSSR count). The van der Waals surface area contributed by atoms with Crippen LogP contribution < -0.4 is 10.6 Å². The fourth-order valence-corrected chi connectivity index (χ4v) is 1.62. The second kappa shape index (κ2) is 8.74. The molecule has 0 aliphatic rings. The predicted octanol–water partition coefficient (Wildman–Crippen LogP) is 0.577. The van der Waals surface area contributed by atoms with Crippen molar-refractivity contribution in [1.29, 1.82) is 0 Å². The van der Waals surface area contributed by atoms with E-state index in [-0.39, 0.29) is 18.0 Å². The number of carbonyl (C=O) groups is 2. The van der Waals surface area contributed by atoms with E-state index in [1.54, 1.807) is 18.9 Å². The van der Waals surface area contributed by atoms with E-state index in [0.717, 1.165) is 0 Å². The van der Waals surface area contributed by atoms with E-state index in [1.807, 2.05) is 20.8 Å². The van der Waals surface area contributed by atoms with Crippen LogP contribution in [0.1, 0.15) is 27.7 Å². The molecule has 2 atom stereocenters. The topological polar surface area (TPSA) is 70.7 Å². The summed E-state index contributed by atoms with van der Waals surface area (Å²) in [4.78, 5) is 25.2. The van der Waals surface area contributed by atoms with E-state index in [0.29, 0.717) is 19.7 Å². The van der Waals surface area contributed by atoms with Crippen molar-refractivity contribution in [2.75, 3.05) is 26.8 Å². The predicted molar refractivity (Wildman–Crippen MR) is 70.4 cm³/mol. The molecule has 0 spiro atoms. The molecule has 3 amide bonds. The van der Waals surface area contributed by atoms with E-state index in [4.69, 9.17) is 4.74 Å². The monoisotopic (exact) mass is 259 g/mol. The zero-order chi connectivity index (χ0) is 14.1. The first-order valence-electron chi connectivity index (χ1n) is 6.30. The van der Waals surface area contributed by atoms with Crippen molar-refractivity contribution in [1.82, 2.24) is 15.5 Å². The molecule has 18 heavy (non-hydrogen) atoms. The first-order valence-corrected chi connectivity index (χ1v) is 6.30. The Hall–Kier alpha value is -1.30. The van der Waals surface area contributed by atoms with E-state index in [2.05, 4.69) is 10.6 Å². The molecule has 0 aliphatic heterocycles. The van der Waals surface area contributed by atoms with E-state index in [9.17, 15) is 9.59 Å². The summed E-state index contributed by atoms with van der Waals surface area (Å²) in [6.45, 7) is 9.06. The molecule has 106 valence electrons. The minimum atomic E-state index is -0.528. The number of urea groups is 1. The number of amides is 3. The summed E-state index contributed by atoms with van der Waals surface area (Å²) in [5.74, 6) is -0.0745. The third-order valence-corrected chi connectivity index (χ3v) is 2.59. The van der Waals surface area contributed by atoms with Gasteiger partial charge in [0.15, 0.2) is 0 Å². The molecule has 6 nitrogen and oxygen atoms in total. The number of nitrogens with zero attached hydrogens (tertiary/aromatic N) is 1. The summed E-state index contributed by atoms with van der Waals surface area (Å²) in [6.07, 6.45) is 0. The Balaban J connectivity index is 4.18. The van der Waals surface area contributed by atoms with Gasteiger partial charge in [-0.1, -0.05) is 0 Å². The lowest BCUT2D eigenvalue weighted by atomic mass is 10.3. The maximum absolute atomic E-state index is 11.9. The molecule has 0 saturated heterocycles. The Kier molecular flexibility index (Phi) is 8.11. The Morgan fingerprint density at radius 2 is 1.72 bits per heavy atom. The van der Waals surface area contributed by atoms with E-state index < -0.39 is 6.04 Å². The summed E-state index contributed by atoms with van der Waals surface area (Å²) >= 11 is 0. The van der Waals surface area contributed by atoms with Gasteiger partial charge in [-0.05, 0) is 27.7 Å². The summed E-state index contributed by atoms with van der Waals surface area (Å²) in [6, 6.07) is -0.974. The third-order valence-electron chi connectivity index (χ3n) is 2.59. The summed E-state index contributed by atoms with van der Waals surface area (Å²) in [5, 5.41) is 5.32. The lowest BCUT2D eigenvalue weighted by molar-refractivity contribution is -0.132. The van der Waals surface area contributed by atoms with Gasteiger partial charge in [0, 0.05) is 20.2 Å². The highest BCUT2D eigenvalue weighted by Gasteiger charge is 2.20. The zero-order valence-electron chi connectivity index (χ0n) is 11.9. The van der Waals surface area contributed by atoms with Gasteiger partial charge in [-0.15, -0.1) is 0 Å². The first kappa shape index (κ1) is 16.7. The molecule has 0 aromatic heterocycles. The van der Waals surface area contributed by atoms with Gasteiger partial charge in [0.2, 0.25) is 5.91 Å². The van der Waals surface area contributed by atoms with Crippen LogP contribution >= 0.6 is 0 Å². The molecule has 0 bridgehead atoms. The quantitative estimate of drug-likeness (QED) is 0.702. The molecular formula is C12H25N3O3. The van der Waals surface area contributed by atoms with Crippen molar-refractivity contribution in [2.24, 2.45) is 0 Å². The van der Waals surface area contributed by atoms with Gasteiger partial charge in [-0.3, -0.25) is 4.79 Å². The van der Waals surface area contributed by atoms with Gasteiger partial charge in [0.1, 0.15) is 6.04 Å². The van der Waals surface area contributed by atoms with Crippen LogP contribution in [0.3, 0.4) is 0 Å². The number of ether oxygens (including phenoxy) is 1. The van der Waals surface area contributed by atoms with Crippen LogP contribution in [0.25, 0.3) is 0 Å². The fourth-order valence-electron chi connectivity index (χ4n) is 1.62. The van der Waals surface area contributed by atoms with Crippen molar-refractivity contribution >= 4 is 11.9 Å². The Morgan fingerprint density at radius 3 is 2.17 bits per heavy atom. The van der Waals surface area contributed by atoms with Crippen LogP contribution in [0, 0.1) is 0 Å². The summed E-state index contributed by atoms with van der Waals surface area (Å²) in [5.41, 5.74) is 0. The van der Waals surface area contributed by atoms with Crippen LogP contribution in [0.5, 0.6) is 0 Å². The average Bonchev–Trinajstić information content (AvgIpc) is 2.30.